The third-order valence-corrected chi connectivity index (χ3v) is 7.93. The Kier molecular flexibility index (Phi) is 5.67. The van der Waals surface area contributed by atoms with E-state index in [1.54, 1.807) is 0 Å². The van der Waals surface area contributed by atoms with Gasteiger partial charge in [-0.1, -0.05) is 59.7 Å². The lowest BCUT2D eigenvalue weighted by atomic mass is 10.0. The zero-order valence-corrected chi connectivity index (χ0v) is 23.2. The molecule has 3 aromatic heterocycles. The topological polar surface area (TPSA) is 57.4 Å². The van der Waals surface area contributed by atoms with Crippen LogP contribution in [0, 0.1) is 13.8 Å². The molecule has 8 bridgehead atoms. The van der Waals surface area contributed by atoms with Crippen LogP contribution in [0.4, 0.5) is 0 Å². The summed E-state index contributed by atoms with van der Waals surface area (Å²) in [7, 11) is 0. The lowest BCUT2D eigenvalue weighted by molar-refractivity contribution is 1.25. The molecule has 0 atom stereocenters. The third kappa shape index (κ3) is 4.35. The molecule has 5 aromatic rings. The number of aromatic nitrogens is 4. The van der Waals surface area contributed by atoms with Crippen LogP contribution in [0.15, 0.2) is 83.3 Å². The van der Waals surface area contributed by atoms with Gasteiger partial charge in [0.2, 0.25) is 0 Å². The number of halogens is 1. The highest BCUT2D eigenvalue weighted by Gasteiger charge is 2.16. The van der Waals surface area contributed by atoms with Crippen molar-refractivity contribution in [2.24, 2.45) is 0 Å². The summed E-state index contributed by atoms with van der Waals surface area (Å²) in [5.41, 5.74) is 14.4. The molecule has 0 radical (unpaired) electrons. The first kappa shape index (κ1) is 23.6. The molecule has 0 spiro atoms. The number of nitrogens with zero attached hydrogens (tertiary/aromatic N) is 2. The molecule has 0 amide bonds. The molecule has 4 nitrogen and oxygen atoms in total. The van der Waals surface area contributed by atoms with Crippen LogP contribution < -0.4 is 0 Å². The highest BCUT2D eigenvalue weighted by atomic mass is 79.9. The van der Waals surface area contributed by atoms with E-state index in [0.717, 1.165) is 71.6 Å². The van der Waals surface area contributed by atoms with E-state index in [1.807, 2.05) is 0 Å². The second kappa shape index (κ2) is 9.37. The molecule has 2 aliphatic rings. The smallest absolute Gasteiger partial charge is 0.0801 e. The molecule has 5 heterocycles. The van der Waals surface area contributed by atoms with Crippen molar-refractivity contribution in [1.29, 1.82) is 0 Å². The number of aryl methyl sites for hydroxylation is 2. The summed E-state index contributed by atoms with van der Waals surface area (Å²) in [6.07, 6.45) is 8.28. The van der Waals surface area contributed by atoms with Gasteiger partial charge in [-0.2, -0.15) is 0 Å². The first-order valence-electron chi connectivity index (χ1n) is 12.9. The van der Waals surface area contributed by atoms with Crippen molar-refractivity contribution in [3.8, 4) is 22.3 Å². The number of aromatic amines is 2. The summed E-state index contributed by atoms with van der Waals surface area (Å²) < 4.78 is 0.868. The van der Waals surface area contributed by atoms with Crippen LogP contribution in [0.25, 0.3) is 68.6 Å². The van der Waals surface area contributed by atoms with Crippen molar-refractivity contribution in [2.45, 2.75) is 13.8 Å². The Morgan fingerprint density at radius 1 is 0.538 bits per heavy atom. The SMILES string of the molecule is Cc1cccc(-c2c3nc(c(Br)c4nc(c(-c5cccc(C)c5)c5ccc(cc6ccc2[nH]6)[nH]5)C=C4)C=C3)c1. The molecular weight excluding hydrogens is 544 g/mol. The summed E-state index contributed by atoms with van der Waals surface area (Å²) in [5.74, 6) is 0. The molecule has 2 N–H and O–H groups in total. The number of rotatable bonds is 2. The monoisotopic (exact) mass is 568 g/mol. The highest BCUT2D eigenvalue weighted by molar-refractivity contribution is 9.10. The normalized spacial score (nSPS) is 12.3. The fourth-order valence-electron chi connectivity index (χ4n) is 5.31. The van der Waals surface area contributed by atoms with Crippen LogP contribution in [0.5, 0.6) is 0 Å². The number of benzene rings is 2. The van der Waals surface area contributed by atoms with E-state index in [1.165, 1.54) is 11.1 Å². The number of hydrogen-bond acceptors (Lipinski definition) is 2. The maximum atomic E-state index is 5.07. The summed E-state index contributed by atoms with van der Waals surface area (Å²) in [4.78, 5) is 17.4. The number of hydrogen-bond donors (Lipinski definition) is 2. The molecule has 188 valence electrons. The largest absolute Gasteiger partial charge is 0.355 e. The Labute approximate surface area is 235 Å². The maximum absolute atomic E-state index is 5.07. The van der Waals surface area contributed by atoms with Gasteiger partial charge in [0.25, 0.3) is 0 Å². The summed E-state index contributed by atoms with van der Waals surface area (Å²) in [6.45, 7) is 4.23. The van der Waals surface area contributed by atoms with Crippen molar-refractivity contribution in [3.63, 3.8) is 0 Å². The van der Waals surface area contributed by atoms with Crippen LogP contribution in [-0.4, -0.2) is 19.9 Å². The molecule has 2 aliphatic heterocycles. The molecule has 39 heavy (non-hydrogen) atoms. The Morgan fingerprint density at radius 3 is 1.46 bits per heavy atom. The molecule has 0 saturated heterocycles. The Morgan fingerprint density at radius 2 is 1.00 bits per heavy atom. The van der Waals surface area contributed by atoms with E-state index in [2.05, 4.69) is 143 Å². The van der Waals surface area contributed by atoms with Crippen molar-refractivity contribution < 1.29 is 0 Å². The van der Waals surface area contributed by atoms with Gasteiger partial charge in [0, 0.05) is 33.2 Å². The Balaban J connectivity index is 1.60. The minimum absolute atomic E-state index is 0.851. The summed E-state index contributed by atoms with van der Waals surface area (Å²) in [5, 5.41) is 0. The maximum Gasteiger partial charge on any atom is 0.0801 e. The predicted octanol–water partition coefficient (Wildman–Crippen LogP) is 9.37. The molecule has 7 rings (SSSR count). The first-order valence-corrected chi connectivity index (χ1v) is 13.7. The fourth-order valence-corrected chi connectivity index (χ4v) is 5.76. The van der Waals surface area contributed by atoms with Crippen molar-refractivity contribution in [1.82, 2.24) is 19.9 Å². The third-order valence-electron chi connectivity index (χ3n) is 7.12. The molecule has 2 aromatic carbocycles. The van der Waals surface area contributed by atoms with E-state index < -0.39 is 0 Å². The Bertz CT molecular complexity index is 1860. The van der Waals surface area contributed by atoms with Gasteiger partial charge in [0.1, 0.15) is 0 Å². The predicted molar refractivity (Wildman–Crippen MR) is 167 cm³/mol. The minimum Gasteiger partial charge on any atom is -0.355 e. The van der Waals surface area contributed by atoms with Crippen LogP contribution in [0.3, 0.4) is 0 Å². The van der Waals surface area contributed by atoms with Crippen LogP contribution in [0.2, 0.25) is 0 Å². The summed E-state index contributed by atoms with van der Waals surface area (Å²) >= 11 is 3.83. The Hall–Kier alpha value is -4.48. The number of nitrogens with one attached hydrogen (secondary N) is 2. The fraction of sp³-hybridized carbons (Fsp3) is 0.0588. The molecule has 0 unspecified atom stereocenters. The van der Waals surface area contributed by atoms with Crippen molar-refractivity contribution in [2.75, 3.05) is 0 Å². The van der Waals surface area contributed by atoms with E-state index in [4.69, 9.17) is 9.97 Å². The molecule has 0 saturated carbocycles. The second-order valence-electron chi connectivity index (χ2n) is 10.0. The van der Waals surface area contributed by atoms with Crippen LogP contribution >= 0.6 is 15.9 Å². The minimum atomic E-state index is 0.851. The summed E-state index contributed by atoms with van der Waals surface area (Å²) in [6, 6.07) is 27.7. The highest BCUT2D eigenvalue weighted by Crippen LogP contribution is 2.35. The van der Waals surface area contributed by atoms with Crippen LogP contribution in [-0.2, 0) is 0 Å². The van der Waals surface area contributed by atoms with E-state index >= 15 is 0 Å². The lowest BCUT2D eigenvalue weighted by Crippen LogP contribution is -1.88. The van der Waals surface area contributed by atoms with Gasteiger partial charge in [0.15, 0.2) is 0 Å². The van der Waals surface area contributed by atoms with Gasteiger partial charge >= 0.3 is 0 Å². The van der Waals surface area contributed by atoms with Gasteiger partial charge in [0.05, 0.1) is 27.2 Å². The van der Waals surface area contributed by atoms with E-state index in [0.29, 0.717) is 0 Å². The standard InChI is InChI=1S/C34H25BrN4/c1-20-5-3-7-22(17-20)32-26-11-9-24(36-26)19-25-10-12-27(37-25)33(23-8-4-6-21(2)18-23)29-14-16-31(39-29)34(35)30-15-13-28(32)38-30/h3-19,36-37H,1-2H3. The van der Waals surface area contributed by atoms with Gasteiger partial charge in [-0.25, -0.2) is 9.97 Å². The van der Waals surface area contributed by atoms with E-state index in [9.17, 15) is 0 Å². The van der Waals surface area contributed by atoms with Crippen molar-refractivity contribution >= 4 is 62.3 Å². The molecule has 5 heteroatoms. The number of fused-ring (bicyclic) bond motifs is 8. The van der Waals surface area contributed by atoms with Gasteiger partial charge in [-0.3, -0.25) is 0 Å². The average molecular weight is 570 g/mol. The second-order valence-corrected chi connectivity index (χ2v) is 10.8. The first-order chi connectivity index (χ1) is 19.0. The average Bonchev–Trinajstić information content (AvgIpc) is 3.73. The number of H-pyrrole nitrogens is 2. The zero-order chi connectivity index (χ0) is 26.5. The molecule has 0 aliphatic carbocycles. The van der Waals surface area contributed by atoms with E-state index in [-0.39, 0.29) is 0 Å². The van der Waals surface area contributed by atoms with Crippen molar-refractivity contribution in [3.05, 3.63) is 117 Å². The quantitative estimate of drug-likeness (QED) is 0.218. The van der Waals surface area contributed by atoms with Gasteiger partial charge in [-0.15, -0.1) is 0 Å². The molecule has 0 fully saturated rings. The lowest BCUT2D eigenvalue weighted by Gasteiger charge is -2.05. The molecular formula is C34H25BrN4. The zero-order valence-electron chi connectivity index (χ0n) is 21.6. The van der Waals surface area contributed by atoms with Gasteiger partial charge < -0.3 is 9.97 Å². The van der Waals surface area contributed by atoms with Crippen LogP contribution in [0.1, 0.15) is 33.9 Å². The van der Waals surface area contributed by atoms with Gasteiger partial charge in [-0.05, 0) is 95.5 Å².